The summed E-state index contributed by atoms with van der Waals surface area (Å²) in [5, 5.41) is 13.6. The van der Waals surface area contributed by atoms with Crippen LogP contribution in [0.5, 0.6) is 0 Å². The summed E-state index contributed by atoms with van der Waals surface area (Å²) in [6.45, 7) is 2.91. The number of urea groups is 1. The summed E-state index contributed by atoms with van der Waals surface area (Å²) in [6, 6.07) is 2.73. The van der Waals surface area contributed by atoms with E-state index in [2.05, 4.69) is 10.6 Å². The Morgan fingerprint density at radius 3 is 2.60 bits per heavy atom. The molecule has 1 atom stereocenters. The lowest BCUT2D eigenvalue weighted by molar-refractivity contribution is -0.138. The molecule has 0 unspecified atom stereocenters. The number of hydrogen-bond donors (Lipinski definition) is 3. The smallest absolute Gasteiger partial charge is 0.396 e. The van der Waals surface area contributed by atoms with Crippen LogP contribution in [0.2, 0.25) is 0 Å². The maximum atomic E-state index is 12.7. The molecule has 0 bridgehead atoms. The Kier molecular flexibility index (Phi) is 5.38. The number of amides is 2. The molecule has 0 radical (unpaired) electrons. The third kappa shape index (κ3) is 4.41. The SMILES string of the molecule is Cc1c(NC(=O)N[C@H](C)CCO)cccc1C(F)(F)F. The van der Waals surface area contributed by atoms with Crippen molar-refractivity contribution in [2.45, 2.75) is 32.5 Å². The van der Waals surface area contributed by atoms with Crippen molar-refractivity contribution in [2.24, 2.45) is 0 Å². The lowest BCUT2D eigenvalue weighted by atomic mass is 10.1. The Hall–Kier alpha value is -1.76. The molecule has 0 aromatic heterocycles. The molecule has 1 aromatic rings. The van der Waals surface area contributed by atoms with Crippen LogP contribution in [0.15, 0.2) is 18.2 Å². The van der Waals surface area contributed by atoms with Gasteiger partial charge >= 0.3 is 12.2 Å². The summed E-state index contributed by atoms with van der Waals surface area (Å²) in [5.74, 6) is 0. The van der Waals surface area contributed by atoms with Gasteiger partial charge in [-0.1, -0.05) is 6.07 Å². The van der Waals surface area contributed by atoms with E-state index in [1.54, 1.807) is 6.92 Å². The van der Waals surface area contributed by atoms with Crippen LogP contribution in [0.4, 0.5) is 23.7 Å². The van der Waals surface area contributed by atoms with E-state index in [9.17, 15) is 18.0 Å². The van der Waals surface area contributed by atoms with Gasteiger partial charge in [-0.3, -0.25) is 0 Å². The molecule has 0 aliphatic rings. The van der Waals surface area contributed by atoms with Gasteiger partial charge < -0.3 is 15.7 Å². The van der Waals surface area contributed by atoms with E-state index >= 15 is 0 Å². The van der Waals surface area contributed by atoms with Gasteiger partial charge in [-0.25, -0.2) is 4.79 Å². The number of nitrogens with one attached hydrogen (secondary N) is 2. The highest BCUT2D eigenvalue weighted by atomic mass is 19.4. The zero-order valence-corrected chi connectivity index (χ0v) is 11.2. The number of carbonyl (C=O) groups excluding carboxylic acids is 1. The Balaban J connectivity index is 2.81. The van der Waals surface area contributed by atoms with Crippen LogP contribution in [-0.2, 0) is 6.18 Å². The van der Waals surface area contributed by atoms with Crippen LogP contribution in [0.1, 0.15) is 24.5 Å². The van der Waals surface area contributed by atoms with Crippen molar-refractivity contribution in [3.63, 3.8) is 0 Å². The van der Waals surface area contributed by atoms with Gasteiger partial charge in [0.25, 0.3) is 0 Å². The van der Waals surface area contributed by atoms with E-state index in [1.807, 2.05) is 0 Å². The number of halogens is 3. The van der Waals surface area contributed by atoms with Gasteiger partial charge in [0.15, 0.2) is 0 Å². The number of hydrogen-bond acceptors (Lipinski definition) is 2. The molecular weight excluding hydrogens is 273 g/mol. The lowest BCUT2D eigenvalue weighted by Gasteiger charge is -2.17. The third-order valence-corrected chi connectivity index (χ3v) is 2.83. The van der Waals surface area contributed by atoms with Crippen LogP contribution in [0.25, 0.3) is 0 Å². The monoisotopic (exact) mass is 290 g/mol. The highest BCUT2D eigenvalue weighted by Gasteiger charge is 2.33. The van der Waals surface area contributed by atoms with Crippen LogP contribution in [-0.4, -0.2) is 23.8 Å². The van der Waals surface area contributed by atoms with Gasteiger partial charge in [-0.15, -0.1) is 0 Å². The number of carbonyl (C=O) groups is 1. The second-order valence-corrected chi connectivity index (χ2v) is 4.49. The summed E-state index contributed by atoms with van der Waals surface area (Å²) in [7, 11) is 0. The highest BCUT2D eigenvalue weighted by molar-refractivity contribution is 5.90. The van der Waals surface area contributed by atoms with E-state index in [0.29, 0.717) is 6.42 Å². The molecule has 0 fully saturated rings. The largest absolute Gasteiger partial charge is 0.416 e. The third-order valence-electron chi connectivity index (χ3n) is 2.83. The van der Waals surface area contributed by atoms with E-state index in [1.165, 1.54) is 19.1 Å². The summed E-state index contributed by atoms with van der Waals surface area (Å²) in [5.41, 5.74) is -0.711. The highest BCUT2D eigenvalue weighted by Crippen LogP contribution is 2.34. The molecule has 2 amide bonds. The zero-order chi connectivity index (χ0) is 15.3. The molecule has 7 heteroatoms. The number of rotatable bonds is 4. The number of aliphatic hydroxyl groups is 1. The molecule has 0 heterocycles. The molecule has 0 spiro atoms. The van der Waals surface area contributed by atoms with Crippen molar-refractivity contribution < 1.29 is 23.1 Å². The number of aliphatic hydroxyl groups excluding tert-OH is 1. The van der Waals surface area contributed by atoms with E-state index < -0.39 is 17.8 Å². The van der Waals surface area contributed by atoms with Crippen LogP contribution < -0.4 is 10.6 Å². The van der Waals surface area contributed by atoms with Crippen molar-refractivity contribution in [2.75, 3.05) is 11.9 Å². The zero-order valence-electron chi connectivity index (χ0n) is 11.2. The normalized spacial score (nSPS) is 12.9. The van der Waals surface area contributed by atoms with Crippen molar-refractivity contribution in [1.82, 2.24) is 5.32 Å². The lowest BCUT2D eigenvalue weighted by Crippen LogP contribution is -2.36. The first-order valence-electron chi connectivity index (χ1n) is 6.11. The second kappa shape index (κ2) is 6.60. The Labute approximate surface area is 115 Å². The fourth-order valence-electron chi connectivity index (χ4n) is 1.73. The number of benzene rings is 1. The molecule has 0 aliphatic carbocycles. The van der Waals surface area contributed by atoms with Crippen molar-refractivity contribution in [3.8, 4) is 0 Å². The number of alkyl halides is 3. The Bertz CT molecular complexity index is 475. The average Bonchev–Trinajstić information content (AvgIpc) is 2.30. The Morgan fingerprint density at radius 1 is 1.40 bits per heavy atom. The first-order valence-corrected chi connectivity index (χ1v) is 6.11. The molecule has 1 rings (SSSR count). The summed E-state index contributed by atoms with van der Waals surface area (Å²) in [6.07, 6.45) is -4.09. The van der Waals surface area contributed by atoms with Crippen molar-refractivity contribution in [1.29, 1.82) is 0 Å². The molecule has 112 valence electrons. The maximum absolute atomic E-state index is 12.7. The number of anilines is 1. The van der Waals surface area contributed by atoms with Crippen LogP contribution >= 0.6 is 0 Å². The van der Waals surface area contributed by atoms with E-state index in [4.69, 9.17) is 5.11 Å². The quantitative estimate of drug-likeness (QED) is 0.798. The minimum Gasteiger partial charge on any atom is -0.396 e. The van der Waals surface area contributed by atoms with Gasteiger partial charge in [0.2, 0.25) is 0 Å². The van der Waals surface area contributed by atoms with Gasteiger partial charge in [-0.05, 0) is 38.0 Å². The van der Waals surface area contributed by atoms with Gasteiger partial charge in [0, 0.05) is 18.3 Å². The molecule has 3 N–H and O–H groups in total. The molecular formula is C13H17F3N2O2. The van der Waals surface area contributed by atoms with Gasteiger partial charge in [0.1, 0.15) is 0 Å². The fraction of sp³-hybridized carbons (Fsp3) is 0.462. The van der Waals surface area contributed by atoms with Crippen LogP contribution in [0, 0.1) is 6.92 Å². The summed E-state index contributed by atoms with van der Waals surface area (Å²) >= 11 is 0. The molecule has 4 nitrogen and oxygen atoms in total. The summed E-state index contributed by atoms with van der Waals surface area (Å²) in [4.78, 5) is 11.6. The molecule has 20 heavy (non-hydrogen) atoms. The summed E-state index contributed by atoms with van der Waals surface area (Å²) < 4.78 is 38.2. The first-order chi connectivity index (χ1) is 9.25. The minimum atomic E-state index is -4.46. The standard InChI is InChI=1S/C13H17F3N2O2/c1-8(6-7-19)17-12(20)18-11-5-3-4-10(9(11)2)13(14,15)16/h3-5,8,19H,6-7H2,1-2H3,(H2,17,18,20)/t8-/m1/s1. The topological polar surface area (TPSA) is 61.4 Å². The second-order valence-electron chi connectivity index (χ2n) is 4.49. The van der Waals surface area contributed by atoms with Gasteiger partial charge in [0.05, 0.1) is 5.56 Å². The fourth-order valence-corrected chi connectivity index (χ4v) is 1.73. The van der Waals surface area contributed by atoms with Crippen molar-refractivity contribution in [3.05, 3.63) is 29.3 Å². The molecule has 0 saturated heterocycles. The molecule has 0 aliphatic heterocycles. The van der Waals surface area contributed by atoms with Crippen LogP contribution in [0.3, 0.4) is 0 Å². The maximum Gasteiger partial charge on any atom is 0.416 e. The van der Waals surface area contributed by atoms with E-state index in [-0.39, 0.29) is 23.9 Å². The Morgan fingerprint density at radius 2 is 2.05 bits per heavy atom. The minimum absolute atomic E-state index is 0.0371. The predicted molar refractivity (Wildman–Crippen MR) is 69.5 cm³/mol. The molecule has 0 saturated carbocycles. The average molecular weight is 290 g/mol. The predicted octanol–water partition coefficient (Wildman–Crippen LogP) is 2.91. The first kappa shape index (κ1) is 16.3. The van der Waals surface area contributed by atoms with E-state index in [0.717, 1.165) is 6.07 Å². The molecule has 1 aromatic carbocycles. The van der Waals surface area contributed by atoms with Crippen molar-refractivity contribution >= 4 is 11.7 Å². The van der Waals surface area contributed by atoms with Gasteiger partial charge in [-0.2, -0.15) is 13.2 Å².